The standard InChI is InChI=1S/C28H27F2N5O3S/c1-15-10-19(38-20-12-16(29)11-17(30)13-20)5-6-21(15)35-22-7-8-31-27-23(22)24(33-28(35)37)25(39-27)26(36)32-18-4-3-9-34(2)14-18/h5-8,10-13,18,24-25H,3-4,9,14H2,1-2H3,(H,32,36)(H,33,37)/t18?,24?,25-/m1/s1. The molecule has 3 amide bonds. The first-order valence-corrected chi connectivity index (χ1v) is 13.6. The first kappa shape index (κ1) is 25.6. The minimum atomic E-state index is -0.736. The molecule has 0 radical (unpaired) electrons. The fourth-order valence-corrected chi connectivity index (χ4v) is 6.73. The number of aryl methyl sites for hydroxylation is 1. The number of carbonyl (C=O) groups excluding carboxylic acids is 2. The van der Waals surface area contributed by atoms with E-state index in [-0.39, 0.29) is 23.7 Å². The van der Waals surface area contributed by atoms with Gasteiger partial charge in [0.05, 0.1) is 17.4 Å². The number of aromatic nitrogens is 1. The first-order valence-electron chi connectivity index (χ1n) is 12.8. The van der Waals surface area contributed by atoms with Gasteiger partial charge in [0, 0.05) is 42.5 Å². The van der Waals surface area contributed by atoms with Crippen LogP contribution in [0.4, 0.5) is 25.0 Å². The summed E-state index contributed by atoms with van der Waals surface area (Å²) in [6, 6.07) is 9.04. The number of hydrogen-bond donors (Lipinski definition) is 2. The Morgan fingerprint density at radius 3 is 2.67 bits per heavy atom. The topological polar surface area (TPSA) is 86.8 Å². The molecule has 3 atom stereocenters. The van der Waals surface area contributed by atoms with Crippen LogP contribution in [-0.2, 0) is 4.79 Å². The van der Waals surface area contributed by atoms with Crippen LogP contribution in [-0.4, -0.2) is 53.3 Å². The normalized spacial score (nSPS) is 22.3. The summed E-state index contributed by atoms with van der Waals surface area (Å²) in [6.45, 7) is 3.65. The Balaban J connectivity index is 1.26. The molecular weight excluding hydrogens is 524 g/mol. The molecule has 202 valence electrons. The van der Waals surface area contributed by atoms with Gasteiger partial charge in [-0.1, -0.05) is 11.8 Å². The molecule has 3 aliphatic rings. The molecule has 8 nitrogen and oxygen atoms in total. The number of anilines is 2. The van der Waals surface area contributed by atoms with Crippen molar-refractivity contribution in [1.29, 1.82) is 0 Å². The van der Waals surface area contributed by atoms with Crippen LogP contribution in [0.1, 0.15) is 30.0 Å². The third-order valence-corrected chi connectivity index (χ3v) is 8.50. The number of pyridine rings is 1. The lowest BCUT2D eigenvalue weighted by Crippen LogP contribution is -2.52. The van der Waals surface area contributed by atoms with E-state index in [1.165, 1.54) is 11.8 Å². The highest BCUT2D eigenvalue weighted by molar-refractivity contribution is 8.01. The van der Waals surface area contributed by atoms with Crippen LogP contribution in [0.15, 0.2) is 53.7 Å². The number of nitrogens with one attached hydrogen (secondary N) is 2. The van der Waals surface area contributed by atoms with E-state index in [0.29, 0.717) is 27.7 Å². The Labute approximate surface area is 228 Å². The maximum absolute atomic E-state index is 13.6. The number of benzene rings is 2. The van der Waals surface area contributed by atoms with Crippen LogP contribution in [0.2, 0.25) is 0 Å². The van der Waals surface area contributed by atoms with Gasteiger partial charge in [-0.25, -0.2) is 18.6 Å². The smallest absolute Gasteiger partial charge is 0.327 e. The van der Waals surface area contributed by atoms with Gasteiger partial charge in [0.1, 0.15) is 33.4 Å². The van der Waals surface area contributed by atoms with Crippen molar-refractivity contribution in [2.24, 2.45) is 0 Å². The highest BCUT2D eigenvalue weighted by Gasteiger charge is 2.47. The Morgan fingerprint density at radius 2 is 1.92 bits per heavy atom. The largest absolute Gasteiger partial charge is 0.457 e. The van der Waals surface area contributed by atoms with Gasteiger partial charge in [0.2, 0.25) is 5.91 Å². The summed E-state index contributed by atoms with van der Waals surface area (Å²) in [7, 11) is 2.05. The van der Waals surface area contributed by atoms with E-state index >= 15 is 0 Å². The highest BCUT2D eigenvalue weighted by atomic mass is 32.2. The minimum Gasteiger partial charge on any atom is -0.457 e. The number of piperidine rings is 1. The lowest BCUT2D eigenvalue weighted by Gasteiger charge is -2.35. The molecule has 0 spiro atoms. The number of urea groups is 1. The number of carbonyl (C=O) groups is 2. The molecule has 0 aliphatic carbocycles. The number of ether oxygens (including phenoxy) is 1. The van der Waals surface area contributed by atoms with Crippen molar-refractivity contribution in [3.63, 3.8) is 0 Å². The van der Waals surface area contributed by atoms with E-state index in [0.717, 1.165) is 49.7 Å². The molecule has 1 saturated heterocycles. The van der Waals surface area contributed by atoms with Crippen molar-refractivity contribution >= 4 is 35.1 Å². The van der Waals surface area contributed by atoms with Crippen LogP contribution in [0.3, 0.4) is 0 Å². The van der Waals surface area contributed by atoms with Crippen LogP contribution in [0.25, 0.3) is 0 Å². The number of rotatable bonds is 5. The lowest BCUT2D eigenvalue weighted by molar-refractivity contribution is -0.122. The van der Waals surface area contributed by atoms with Crippen molar-refractivity contribution in [2.75, 3.05) is 25.0 Å². The fraction of sp³-hybridized carbons (Fsp3) is 0.321. The van der Waals surface area contributed by atoms with Crippen LogP contribution >= 0.6 is 11.8 Å². The minimum absolute atomic E-state index is 0.0337. The van der Waals surface area contributed by atoms with Gasteiger partial charge in [-0.3, -0.25) is 9.69 Å². The number of likely N-dealkylation sites (tertiary alicyclic amines) is 1. The molecule has 0 bridgehead atoms. The number of likely N-dealkylation sites (N-methyl/N-ethyl adjacent to an activating group) is 1. The van der Waals surface area contributed by atoms with Gasteiger partial charge in [-0.15, -0.1) is 0 Å². The maximum atomic E-state index is 13.6. The highest BCUT2D eigenvalue weighted by Crippen LogP contribution is 2.51. The molecule has 4 heterocycles. The number of amides is 3. The molecular formula is C28H27F2N5O3S. The van der Waals surface area contributed by atoms with Gasteiger partial charge in [-0.05, 0) is 63.2 Å². The van der Waals surface area contributed by atoms with E-state index in [2.05, 4.69) is 20.5 Å². The van der Waals surface area contributed by atoms with E-state index in [9.17, 15) is 18.4 Å². The first-order chi connectivity index (χ1) is 18.8. The molecule has 6 rings (SSSR count). The Hall–Kier alpha value is -3.70. The Morgan fingerprint density at radius 1 is 1.13 bits per heavy atom. The van der Waals surface area contributed by atoms with Gasteiger partial charge in [0.15, 0.2) is 0 Å². The second kappa shape index (κ2) is 10.1. The number of nitrogens with zero attached hydrogens (tertiary/aromatic N) is 3. The van der Waals surface area contributed by atoms with Crippen molar-refractivity contribution in [3.8, 4) is 11.5 Å². The molecule has 1 aromatic heterocycles. The Kier molecular flexibility index (Phi) is 6.64. The maximum Gasteiger partial charge on any atom is 0.327 e. The zero-order valence-electron chi connectivity index (χ0n) is 21.4. The van der Waals surface area contributed by atoms with Crippen molar-refractivity contribution in [2.45, 2.75) is 42.1 Å². The average Bonchev–Trinajstić information content (AvgIpc) is 3.24. The predicted octanol–water partition coefficient (Wildman–Crippen LogP) is 5.05. The number of hydrogen-bond acceptors (Lipinski definition) is 6. The third kappa shape index (κ3) is 4.92. The van der Waals surface area contributed by atoms with Crippen molar-refractivity contribution < 1.29 is 23.1 Å². The summed E-state index contributed by atoms with van der Waals surface area (Å²) >= 11 is 1.37. The molecule has 3 aromatic rings. The van der Waals surface area contributed by atoms with E-state index < -0.39 is 22.9 Å². The molecule has 3 aliphatic heterocycles. The van der Waals surface area contributed by atoms with Crippen LogP contribution in [0, 0.1) is 18.6 Å². The summed E-state index contributed by atoms with van der Waals surface area (Å²) < 4.78 is 32.8. The predicted molar refractivity (Wildman–Crippen MR) is 144 cm³/mol. The molecule has 39 heavy (non-hydrogen) atoms. The fourth-order valence-electron chi connectivity index (χ4n) is 5.50. The molecule has 11 heteroatoms. The van der Waals surface area contributed by atoms with E-state index in [4.69, 9.17) is 4.74 Å². The summed E-state index contributed by atoms with van der Waals surface area (Å²) in [5, 5.41) is 6.41. The number of thioether (sulfide) groups is 1. The Bertz CT molecular complexity index is 1450. The summed E-state index contributed by atoms with van der Waals surface area (Å²) in [5.74, 6) is -1.17. The molecule has 1 fully saturated rings. The molecule has 2 N–H and O–H groups in total. The SMILES string of the molecule is Cc1cc(Oc2cc(F)cc(F)c2)ccc1N1C(=O)NC2c3c1ccnc3S[C@H]2C(=O)NC1CCCN(C)C1. The zero-order chi connectivity index (χ0) is 27.3. The van der Waals surface area contributed by atoms with Crippen molar-refractivity contribution in [3.05, 3.63) is 71.4 Å². The summed E-state index contributed by atoms with van der Waals surface area (Å²) in [5.41, 5.74) is 2.81. The van der Waals surface area contributed by atoms with Crippen LogP contribution in [0.5, 0.6) is 11.5 Å². The zero-order valence-corrected chi connectivity index (χ0v) is 22.2. The van der Waals surface area contributed by atoms with Gasteiger partial charge in [-0.2, -0.15) is 0 Å². The van der Waals surface area contributed by atoms with Crippen molar-refractivity contribution in [1.82, 2.24) is 20.5 Å². The van der Waals surface area contributed by atoms with E-state index in [1.807, 2.05) is 14.0 Å². The van der Waals surface area contributed by atoms with Gasteiger partial charge < -0.3 is 20.3 Å². The molecule has 2 aromatic carbocycles. The van der Waals surface area contributed by atoms with E-state index in [1.54, 1.807) is 35.4 Å². The monoisotopic (exact) mass is 551 g/mol. The molecule has 2 unspecified atom stereocenters. The van der Waals surface area contributed by atoms with Gasteiger partial charge >= 0.3 is 6.03 Å². The average molecular weight is 552 g/mol. The van der Waals surface area contributed by atoms with Crippen LogP contribution < -0.4 is 20.3 Å². The van der Waals surface area contributed by atoms with Gasteiger partial charge in [0.25, 0.3) is 0 Å². The summed E-state index contributed by atoms with van der Waals surface area (Å²) in [6.07, 6.45) is 3.61. The third-order valence-electron chi connectivity index (χ3n) is 7.22. The lowest BCUT2D eigenvalue weighted by atomic mass is 9.98. The second-order valence-electron chi connectivity index (χ2n) is 10.1. The number of halogens is 2. The second-order valence-corrected chi connectivity index (χ2v) is 11.2. The quantitative estimate of drug-likeness (QED) is 0.462. The summed E-state index contributed by atoms with van der Waals surface area (Å²) in [4.78, 5) is 35.1. The molecule has 0 saturated carbocycles.